The minimum absolute atomic E-state index is 0.0954. The molecule has 0 aliphatic carbocycles. The summed E-state index contributed by atoms with van der Waals surface area (Å²) < 4.78 is 10.4. The molecular formula is C9H10ClNO2. The molecule has 0 fully saturated rings. The van der Waals surface area contributed by atoms with E-state index in [4.69, 9.17) is 26.8 Å². The van der Waals surface area contributed by atoms with E-state index in [0.717, 1.165) is 11.3 Å². The molecule has 1 aromatic carbocycles. The van der Waals surface area contributed by atoms with Gasteiger partial charge in [0.2, 0.25) is 6.79 Å². The van der Waals surface area contributed by atoms with E-state index in [9.17, 15) is 0 Å². The SMILES string of the molecule is C[C@H](N)c1cc2c(cc1Cl)OCO2. The minimum Gasteiger partial charge on any atom is -0.454 e. The summed E-state index contributed by atoms with van der Waals surface area (Å²) in [5.74, 6) is 1.41. The number of rotatable bonds is 1. The molecule has 0 aromatic heterocycles. The summed E-state index contributed by atoms with van der Waals surface area (Å²) >= 11 is 5.99. The van der Waals surface area contributed by atoms with Crippen molar-refractivity contribution >= 4 is 11.6 Å². The summed E-state index contributed by atoms with van der Waals surface area (Å²) in [6, 6.07) is 3.47. The second-order valence-corrected chi connectivity index (χ2v) is 3.42. The Labute approximate surface area is 81.4 Å². The van der Waals surface area contributed by atoms with Crippen LogP contribution in [0.15, 0.2) is 12.1 Å². The highest BCUT2D eigenvalue weighted by atomic mass is 35.5. The van der Waals surface area contributed by atoms with Gasteiger partial charge in [-0.25, -0.2) is 0 Å². The van der Waals surface area contributed by atoms with Crippen molar-refractivity contribution in [1.29, 1.82) is 0 Å². The number of benzene rings is 1. The number of fused-ring (bicyclic) bond motifs is 1. The Morgan fingerprint density at radius 3 is 2.62 bits per heavy atom. The van der Waals surface area contributed by atoms with E-state index in [-0.39, 0.29) is 12.8 Å². The van der Waals surface area contributed by atoms with Gasteiger partial charge in [-0.1, -0.05) is 11.6 Å². The number of nitrogens with two attached hydrogens (primary N) is 1. The van der Waals surface area contributed by atoms with E-state index < -0.39 is 0 Å². The molecule has 0 amide bonds. The lowest BCUT2D eigenvalue weighted by molar-refractivity contribution is 0.174. The number of halogens is 1. The van der Waals surface area contributed by atoms with E-state index in [1.54, 1.807) is 6.07 Å². The first-order valence-electron chi connectivity index (χ1n) is 4.03. The van der Waals surface area contributed by atoms with Crippen molar-refractivity contribution in [2.45, 2.75) is 13.0 Å². The maximum absolute atomic E-state index is 5.99. The Kier molecular flexibility index (Phi) is 2.06. The lowest BCUT2D eigenvalue weighted by Gasteiger charge is -2.08. The number of hydrogen-bond donors (Lipinski definition) is 1. The Morgan fingerprint density at radius 2 is 2.00 bits per heavy atom. The summed E-state index contributed by atoms with van der Waals surface area (Å²) in [7, 11) is 0. The molecule has 1 aliphatic rings. The number of hydrogen-bond acceptors (Lipinski definition) is 3. The van der Waals surface area contributed by atoms with Gasteiger partial charge in [-0.15, -0.1) is 0 Å². The van der Waals surface area contributed by atoms with Crippen LogP contribution in [0.25, 0.3) is 0 Å². The molecule has 0 saturated carbocycles. The van der Waals surface area contributed by atoms with Gasteiger partial charge in [0.05, 0.1) is 0 Å². The molecule has 70 valence electrons. The molecule has 0 radical (unpaired) electrons. The van der Waals surface area contributed by atoms with Gasteiger partial charge in [0, 0.05) is 17.1 Å². The monoisotopic (exact) mass is 199 g/mol. The highest BCUT2D eigenvalue weighted by Crippen LogP contribution is 2.38. The molecule has 0 spiro atoms. The second kappa shape index (κ2) is 3.09. The zero-order valence-corrected chi connectivity index (χ0v) is 7.97. The molecule has 2 N–H and O–H groups in total. The Hall–Kier alpha value is -0.930. The van der Waals surface area contributed by atoms with Gasteiger partial charge in [-0.05, 0) is 18.6 Å². The van der Waals surface area contributed by atoms with Crippen molar-refractivity contribution in [3.8, 4) is 11.5 Å². The fourth-order valence-corrected chi connectivity index (χ4v) is 1.61. The molecule has 0 saturated heterocycles. The van der Waals surface area contributed by atoms with Crippen molar-refractivity contribution in [2.24, 2.45) is 5.73 Å². The van der Waals surface area contributed by atoms with Crippen LogP contribution in [0.2, 0.25) is 5.02 Å². The normalized spacial score (nSPS) is 15.9. The highest BCUT2D eigenvalue weighted by molar-refractivity contribution is 6.31. The van der Waals surface area contributed by atoms with Crippen LogP contribution in [0.3, 0.4) is 0 Å². The van der Waals surface area contributed by atoms with E-state index in [0.29, 0.717) is 10.8 Å². The minimum atomic E-state index is -0.0954. The van der Waals surface area contributed by atoms with Gasteiger partial charge < -0.3 is 15.2 Å². The third kappa shape index (κ3) is 1.45. The molecule has 2 rings (SSSR count). The third-order valence-electron chi connectivity index (χ3n) is 1.98. The van der Waals surface area contributed by atoms with Crippen LogP contribution in [0, 0.1) is 0 Å². The van der Waals surface area contributed by atoms with Crippen molar-refractivity contribution in [3.63, 3.8) is 0 Å². The zero-order valence-electron chi connectivity index (χ0n) is 7.21. The lowest BCUT2D eigenvalue weighted by atomic mass is 10.1. The summed E-state index contributed by atoms with van der Waals surface area (Å²) in [6.07, 6.45) is 0. The van der Waals surface area contributed by atoms with Gasteiger partial charge in [-0.2, -0.15) is 0 Å². The van der Waals surface area contributed by atoms with Gasteiger partial charge in [-0.3, -0.25) is 0 Å². The van der Waals surface area contributed by atoms with E-state index in [1.165, 1.54) is 0 Å². The van der Waals surface area contributed by atoms with Gasteiger partial charge in [0.1, 0.15) is 0 Å². The average Bonchev–Trinajstić information content (AvgIpc) is 2.48. The molecule has 0 unspecified atom stereocenters. The van der Waals surface area contributed by atoms with Crippen LogP contribution in [-0.4, -0.2) is 6.79 Å². The number of ether oxygens (including phenoxy) is 2. The molecule has 13 heavy (non-hydrogen) atoms. The largest absolute Gasteiger partial charge is 0.454 e. The first kappa shape index (κ1) is 8.66. The second-order valence-electron chi connectivity index (χ2n) is 3.02. The van der Waals surface area contributed by atoms with Crippen LogP contribution < -0.4 is 15.2 Å². The molecule has 4 heteroatoms. The quantitative estimate of drug-likeness (QED) is 0.753. The van der Waals surface area contributed by atoms with Crippen molar-refractivity contribution in [2.75, 3.05) is 6.79 Å². The molecule has 1 atom stereocenters. The fraction of sp³-hybridized carbons (Fsp3) is 0.333. The van der Waals surface area contributed by atoms with Crippen molar-refractivity contribution in [3.05, 3.63) is 22.7 Å². The predicted molar refractivity (Wildman–Crippen MR) is 50.2 cm³/mol. The third-order valence-corrected chi connectivity index (χ3v) is 2.31. The smallest absolute Gasteiger partial charge is 0.231 e. The van der Waals surface area contributed by atoms with Crippen LogP contribution in [0.1, 0.15) is 18.5 Å². The maximum atomic E-state index is 5.99. The van der Waals surface area contributed by atoms with Gasteiger partial charge in [0.25, 0.3) is 0 Å². The van der Waals surface area contributed by atoms with Gasteiger partial charge in [0.15, 0.2) is 11.5 Å². The lowest BCUT2D eigenvalue weighted by Crippen LogP contribution is -2.05. The molecule has 1 aliphatic heterocycles. The van der Waals surface area contributed by atoms with Crippen LogP contribution in [-0.2, 0) is 0 Å². The summed E-state index contributed by atoms with van der Waals surface area (Å²) in [6.45, 7) is 2.14. The Balaban J connectivity index is 2.49. The predicted octanol–water partition coefficient (Wildman–Crippen LogP) is 2.09. The summed E-state index contributed by atoms with van der Waals surface area (Å²) in [5.41, 5.74) is 6.61. The van der Waals surface area contributed by atoms with Crippen LogP contribution >= 0.6 is 11.6 Å². The van der Waals surface area contributed by atoms with E-state index in [2.05, 4.69) is 0 Å². The first-order chi connectivity index (χ1) is 6.18. The molecule has 1 aromatic rings. The molecule has 0 bridgehead atoms. The first-order valence-corrected chi connectivity index (χ1v) is 4.41. The summed E-state index contributed by atoms with van der Waals surface area (Å²) in [5, 5.41) is 0.624. The van der Waals surface area contributed by atoms with Crippen molar-refractivity contribution in [1.82, 2.24) is 0 Å². The van der Waals surface area contributed by atoms with Crippen LogP contribution in [0.4, 0.5) is 0 Å². The Bertz CT molecular complexity index is 339. The summed E-state index contributed by atoms with van der Waals surface area (Å²) in [4.78, 5) is 0. The molecule has 3 nitrogen and oxygen atoms in total. The average molecular weight is 200 g/mol. The zero-order chi connectivity index (χ0) is 9.42. The van der Waals surface area contributed by atoms with Crippen molar-refractivity contribution < 1.29 is 9.47 Å². The maximum Gasteiger partial charge on any atom is 0.231 e. The van der Waals surface area contributed by atoms with Gasteiger partial charge >= 0.3 is 0 Å². The molecule has 1 heterocycles. The fourth-order valence-electron chi connectivity index (χ4n) is 1.28. The standard InChI is InChI=1S/C9H10ClNO2/c1-5(11)6-2-8-9(3-7(6)10)13-4-12-8/h2-3,5H,4,11H2,1H3/t5-/m0/s1. The van der Waals surface area contributed by atoms with E-state index >= 15 is 0 Å². The highest BCUT2D eigenvalue weighted by Gasteiger charge is 2.17. The van der Waals surface area contributed by atoms with E-state index in [1.807, 2.05) is 13.0 Å². The van der Waals surface area contributed by atoms with Crippen LogP contribution in [0.5, 0.6) is 11.5 Å². The topological polar surface area (TPSA) is 44.5 Å². The Morgan fingerprint density at radius 1 is 1.38 bits per heavy atom. The molecular weight excluding hydrogens is 190 g/mol.